The molecule has 0 spiro atoms. The van der Waals surface area contributed by atoms with Crippen LogP contribution < -0.4 is 0 Å². The number of nitrogens with zero attached hydrogens (tertiary/aromatic N) is 2. The number of H-pyrrole nitrogens is 1. The summed E-state index contributed by atoms with van der Waals surface area (Å²) in [4.78, 5) is 6.48. The molecule has 2 aliphatic rings. The lowest BCUT2D eigenvalue weighted by Gasteiger charge is -2.48. The molecule has 1 fully saturated rings. The maximum absolute atomic E-state index is 9.13. The Balaban J connectivity index is 1.89. The fraction of sp³-hybridized carbons (Fsp3) is 0.550. The van der Waals surface area contributed by atoms with E-state index in [1.54, 1.807) is 0 Å². The van der Waals surface area contributed by atoms with Crippen molar-refractivity contribution < 1.29 is 0 Å². The Labute approximate surface area is 138 Å². The third-order valence-corrected chi connectivity index (χ3v) is 5.90. The number of aromatic amines is 1. The van der Waals surface area contributed by atoms with Crippen LogP contribution >= 0.6 is 0 Å². The molecule has 120 valence electrons. The van der Waals surface area contributed by atoms with Crippen molar-refractivity contribution in [2.75, 3.05) is 6.54 Å². The Hall–Kier alpha value is -1.79. The SMILES string of the molecule is CCC1C(CCC#N)c2c([nH]c3ccccc23)C2CCCCN21. The summed E-state index contributed by atoms with van der Waals surface area (Å²) in [6.07, 6.45) is 6.71. The number of benzene rings is 1. The molecule has 0 bridgehead atoms. The summed E-state index contributed by atoms with van der Waals surface area (Å²) in [5.41, 5.74) is 4.23. The standard InChI is InChI=1S/C20H25N3/c1-2-17-15(9-7-12-21)19-14-8-3-4-10-16(14)22-20(19)18-11-5-6-13-23(17)18/h3-4,8,10,15,17-18,22H,2,5-7,9,11,13H2,1H3. The first-order valence-electron chi connectivity index (χ1n) is 9.08. The summed E-state index contributed by atoms with van der Waals surface area (Å²) >= 11 is 0. The minimum atomic E-state index is 0.486. The van der Waals surface area contributed by atoms with Gasteiger partial charge in [0, 0.05) is 35.0 Å². The van der Waals surface area contributed by atoms with E-state index in [0.717, 1.165) is 6.42 Å². The van der Waals surface area contributed by atoms with Crippen molar-refractivity contribution in [3.63, 3.8) is 0 Å². The Morgan fingerprint density at radius 3 is 3.00 bits per heavy atom. The molecular weight excluding hydrogens is 282 g/mol. The molecule has 0 radical (unpaired) electrons. The van der Waals surface area contributed by atoms with Crippen molar-refractivity contribution >= 4 is 10.9 Å². The molecule has 1 aromatic carbocycles. The molecule has 2 aliphatic heterocycles. The normalized spacial score (nSPS) is 27.4. The monoisotopic (exact) mass is 307 g/mol. The van der Waals surface area contributed by atoms with Crippen molar-refractivity contribution in [3.8, 4) is 6.07 Å². The molecule has 4 rings (SSSR count). The second-order valence-electron chi connectivity index (χ2n) is 7.03. The largest absolute Gasteiger partial charge is 0.357 e. The molecule has 0 saturated carbocycles. The van der Waals surface area contributed by atoms with Gasteiger partial charge in [-0.15, -0.1) is 0 Å². The van der Waals surface area contributed by atoms with Gasteiger partial charge < -0.3 is 4.98 Å². The van der Waals surface area contributed by atoms with E-state index < -0.39 is 0 Å². The van der Waals surface area contributed by atoms with Crippen LogP contribution in [0.4, 0.5) is 0 Å². The Morgan fingerprint density at radius 1 is 1.30 bits per heavy atom. The zero-order chi connectivity index (χ0) is 15.8. The molecule has 3 atom stereocenters. The van der Waals surface area contributed by atoms with Crippen molar-refractivity contribution in [1.29, 1.82) is 5.26 Å². The number of piperidine rings is 1. The van der Waals surface area contributed by atoms with E-state index in [4.69, 9.17) is 5.26 Å². The lowest BCUT2D eigenvalue weighted by molar-refractivity contribution is 0.0572. The van der Waals surface area contributed by atoms with Crippen LogP contribution in [-0.4, -0.2) is 22.5 Å². The van der Waals surface area contributed by atoms with Crippen LogP contribution in [0.5, 0.6) is 0 Å². The minimum Gasteiger partial charge on any atom is -0.357 e. The molecule has 3 unspecified atom stereocenters. The maximum atomic E-state index is 9.13. The Morgan fingerprint density at radius 2 is 2.17 bits per heavy atom. The lowest BCUT2D eigenvalue weighted by atomic mass is 9.76. The summed E-state index contributed by atoms with van der Waals surface area (Å²) in [7, 11) is 0. The average Bonchev–Trinajstić information content (AvgIpc) is 2.99. The molecule has 3 nitrogen and oxygen atoms in total. The van der Waals surface area contributed by atoms with E-state index in [-0.39, 0.29) is 0 Å². The second-order valence-corrected chi connectivity index (χ2v) is 7.03. The van der Waals surface area contributed by atoms with Gasteiger partial charge >= 0.3 is 0 Å². The Kier molecular flexibility index (Phi) is 3.87. The molecular formula is C20H25N3. The number of aromatic nitrogens is 1. The van der Waals surface area contributed by atoms with E-state index in [1.807, 2.05) is 0 Å². The number of fused-ring (bicyclic) bond motifs is 5. The van der Waals surface area contributed by atoms with Gasteiger partial charge in [0.25, 0.3) is 0 Å². The molecule has 1 aromatic heterocycles. The molecule has 3 heterocycles. The van der Waals surface area contributed by atoms with E-state index in [1.165, 1.54) is 54.4 Å². The van der Waals surface area contributed by atoms with Gasteiger partial charge in [0.1, 0.15) is 0 Å². The summed E-state index contributed by atoms with van der Waals surface area (Å²) in [5.74, 6) is 0.486. The number of hydrogen-bond acceptors (Lipinski definition) is 2. The minimum absolute atomic E-state index is 0.486. The summed E-state index contributed by atoms with van der Waals surface area (Å²) in [5, 5.41) is 10.5. The number of para-hydroxylation sites is 1. The molecule has 1 N–H and O–H groups in total. The third-order valence-electron chi connectivity index (χ3n) is 5.90. The van der Waals surface area contributed by atoms with Crippen molar-refractivity contribution in [2.45, 2.75) is 63.5 Å². The predicted molar refractivity (Wildman–Crippen MR) is 93.3 cm³/mol. The fourth-order valence-corrected chi connectivity index (χ4v) is 5.01. The number of rotatable bonds is 3. The Bertz CT molecular complexity index is 739. The van der Waals surface area contributed by atoms with Crippen LogP contribution in [0.3, 0.4) is 0 Å². The van der Waals surface area contributed by atoms with Gasteiger partial charge in [-0.1, -0.05) is 31.5 Å². The van der Waals surface area contributed by atoms with E-state index in [2.05, 4.69) is 47.1 Å². The first-order valence-corrected chi connectivity index (χ1v) is 9.08. The highest BCUT2D eigenvalue weighted by molar-refractivity contribution is 5.86. The maximum Gasteiger partial charge on any atom is 0.0621 e. The van der Waals surface area contributed by atoms with Gasteiger partial charge in [-0.05, 0) is 43.9 Å². The van der Waals surface area contributed by atoms with Gasteiger partial charge in [-0.2, -0.15) is 5.26 Å². The van der Waals surface area contributed by atoms with E-state index in [9.17, 15) is 0 Å². The van der Waals surface area contributed by atoms with Crippen LogP contribution in [0.2, 0.25) is 0 Å². The smallest absolute Gasteiger partial charge is 0.0621 e. The van der Waals surface area contributed by atoms with Gasteiger partial charge in [-0.3, -0.25) is 4.90 Å². The third kappa shape index (κ3) is 2.28. The first kappa shape index (κ1) is 14.8. The summed E-state index contributed by atoms with van der Waals surface area (Å²) in [6.45, 7) is 3.52. The van der Waals surface area contributed by atoms with Gasteiger partial charge in [0.2, 0.25) is 0 Å². The molecule has 2 aromatic rings. The zero-order valence-corrected chi connectivity index (χ0v) is 13.9. The molecule has 0 aliphatic carbocycles. The van der Waals surface area contributed by atoms with Crippen LogP contribution in [0.1, 0.15) is 68.7 Å². The number of nitriles is 1. The number of nitrogens with one attached hydrogen (secondary N) is 1. The molecule has 0 amide bonds. The first-order chi connectivity index (χ1) is 11.3. The van der Waals surface area contributed by atoms with E-state index in [0.29, 0.717) is 24.4 Å². The highest BCUT2D eigenvalue weighted by atomic mass is 15.2. The topological polar surface area (TPSA) is 42.8 Å². The van der Waals surface area contributed by atoms with E-state index >= 15 is 0 Å². The summed E-state index contributed by atoms with van der Waals surface area (Å²) < 4.78 is 0. The second kappa shape index (κ2) is 6.02. The van der Waals surface area contributed by atoms with Crippen molar-refractivity contribution in [1.82, 2.24) is 9.88 Å². The molecule has 3 heteroatoms. The average molecular weight is 307 g/mol. The van der Waals surface area contributed by atoms with Crippen LogP contribution in [0.25, 0.3) is 10.9 Å². The van der Waals surface area contributed by atoms with Gasteiger partial charge in [0.05, 0.1) is 12.1 Å². The number of hydrogen-bond donors (Lipinski definition) is 1. The van der Waals surface area contributed by atoms with Crippen molar-refractivity contribution in [2.24, 2.45) is 0 Å². The van der Waals surface area contributed by atoms with Crippen LogP contribution in [0.15, 0.2) is 24.3 Å². The van der Waals surface area contributed by atoms with Crippen LogP contribution in [0, 0.1) is 11.3 Å². The summed E-state index contributed by atoms with van der Waals surface area (Å²) in [6, 6.07) is 12.2. The highest BCUT2D eigenvalue weighted by Gasteiger charge is 2.42. The lowest BCUT2D eigenvalue weighted by Crippen LogP contribution is -2.48. The van der Waals surface area contributed by atoms with Crippen LogP contribution in [-0.2, 0) is 0 Å². The quantitative estimate of drug-likeness (QED) is 0.878. The zero-order valence-electron chi connectivity index (χ0n) is 13.9. The predicted octanol–water partition coefficient (Wildman–Crippen LogP) is 4.87. The molecule has 1 saturated heterocycles. The molecule has 23 heavy (non-hydrogen) atoms. The van der Waals surface area contributed by atoms with Gasteiger partial charge in [-0.25, -0.2) is 0 Å². The highest BCUT2D eigenvalue weighted by Crippen LogP contribution is 2.49. The van der Waals surface area contributed by atoms with Crippen molar-refractivity contribution in [3.05, 3.63) is 35.5 Å². The van der Waals surface area contributed by atoms with Gasteiger partial charge in [0.15, 0.2) is 0 Å². The fourth-order valence-electron chi connectivity index (χ4n) is 5.01.